The summed E-state index contributed by atoms with van der Waals surface area (Å²) in [6.45, 7) is 5.05. The van der Waals surface area contributed by atoms with Gasteiger partial charge in [-0.15, -0.1) is 0 Å². The number of rotatable bonds is 4. The maximum atomic E-state index is 11.9. The summed E-state index contributed by atoms with van der Waals surface area (Å²) in [7, 11) is 0. The summed E-state index contributed by atoms with van der Waals surface area (Å²) in [5.74, 6) is -0.146. The zero-order valence-electron chi connectivity index (χ0n) is 10.1. The summed E-state index contributed by atoms with van der Waals surface area (Å²) >= 11 is 0. The number of carboxylic acids is 1. The Bertz CT molecular complexity index is 265. The molecule has 0 aliphatic carbocycles. The smallest absolute Gasteiger partial charge is 0.303 e. The van der Waals surface area contributed by atoms with E-state index in [4.69, 9.17) is 5.11 Å². The molecule has 0 spiro atoms. The largest absolute Gasteiger partial charge is 0.481 e. The first kappa shape index (κ1) is 13.0. The van der Waals surface area contributed by atoms with Crippen molar-refractivity contribution in [3.05, 3.63) is 0 Å². The Morgan fingerprint density at radius 2 is 1.94 bits per heavy atom. The number of carbonyl (C=O) groups is 2. The van der Waals surface area contributed by atoms with Gasteiger partial charge in [0.25, 0.3) is 0 Å². The van der Waals surface area contributed by atoms with Gasteiger partial charge in [0.05, 0.1) is 0 Å². The zero-order valence-corrected chi connectivity index (χ0v) is 10.1. The van der Waals surface area contributed by atoms with E-state index in [-0.39, 0.29) is 12.3 Å². The normalized spacial score (nSPS) is 25.5. The lowest BCUT2D eigenvalue weighted by molar-refractivity contribution is -0.138. The lowest BCUT2D eigenvalue weighted by atomic mass is 9.94. The molecule has 16 heavy (non-hydrogen) atoms. The van der Waals surface area contributed by atoms with Gasteiger partial charge in [-0.2, -0.15) is 0 Å². The summed E-state index contributed by atoms with van der Waals surface area (Å²) in [5, 5.41) is 8.51. The van der Waals surface area contributed by atoms with Crippen LogP contribution in [0.5, 0.6) is 0 Å². The van der Waals surface area contributed by atoms with Gasteiger partial charge in [0.15, 0.2) is 0 Å². The highest BCUT2D eigenvalue weighted by Gasteiger charge is 2.26. The second kappa shape index (κ2) is 5.87. The zero-order chi connectivity index (χ0) is 12.1. The first-order chi connectivity index (χ1) is 7.50. The van der Waals surface area contributed by atoms with E-state index in [1.165, 1.54) is 6.42 Å². The molecule has 0 radical (unpaired) electrons. The van der Waals surface area contributed by atoms with E-state index in [9.17, 15) is 9.59 Å². The molecule has 1 N–H and O–H groups in total. The number of amides is 1. The highest BCUT2D eigenvalue weighted by molar-refractivity contribution is 5.77. The molecule has 92 valence electrons. The molecular formula is C12H21NO3. The number of carboxylic acid groups (broad SMARTS) is 1. The topological polar surface area (TPSA) is 57.6 Å². The Morgan fingerprint density at radius 1 is 1.25 bits per heavy atom. The van der Waals surface area contributed by atoms with Crippen LogP contribution in [0.3, 0.4) is 0 Å². The van der Waals surface area contributed by atoms with Crippen molar-refractivity contribution >= 4 is 11.9 Å². The van der Waals surface area contributed by atoms with Gasteiger partial charge >= 0.3 is 5.97 Å². The molecule has 0 aromatic carbocycles. The maximum Gasteiger partial charge on any atom is 0.303 e. The van der Waals surface area contributed by atoms with E-state index in [1.807, 2.05) is 4.90 Å². The number of nitrogens with zero attached hydrogens (tertiary/aromatic N) is 1. The van der Waals surface area contributed by atoms with Gasteiger partial charge in [-0.1, -0.05) is 6.92 Å². The highest BCUT2D eigenvalue weighted by Crippen LogP contribution is 2.22. The molecule has 1 heterocycles. The van der Waals surface area contributed by atoms with Crippen molar-refractivity contribution in [2.75, 3.05) is 6.54 Å². The summed E-state index contributed by atoms with van der Waals surface area (Å²) in [5.41, 5.74) is 0. The average Bonchev–Trinajstić information content (AvgIpc) is 2.21. The van der Waals surface area contributed by atoms with E-state index in [0.717, 1.165) is 13.0 Å². The van der Waals surface area contributed by atoms with Crippen LogP contribution in [0.15, 0.2) is 0 Å². The van der Waals surface area contributed by atoms with Crippen LogP contribution >= 0.6 is 0 Å². The van der Waals surface area contributed by atoms with E-state index in [2.05, 4.69) is 13.8 Å². The first-order valence-electron chi connectivity index (χ1n) is 6.02. The third-order valence-electron chi connectivity index (χ3n) is 3.22. The summed E-state index contributed by atoms with van der Waals surface area (Å²) in [4.78, 5) is 24.1. The van der Waals surface area contributed by atoms with Crippen molar-refractivity contribution in [2.24, 2.45) is 5.92 Å². The van der Waals surface area contributed by atoms with Crippen molar-refractivity contribution in [3.8, 4) is 0 Å². The number of piperidine rings is 1. The van der Waals surface area contributed by atoms with E-state index >= 15 is 0 Å². The molecule has 1 aliphatic rings. The van der Waals surface area contributed by atoms with Gasteiger partial charge in [-0.25, -0.2) is 0 Å². The standard InChI is InChI=1S/C12H21NO3/c1-9-6-7-10(2)13(8-9)11(14)4-3-5-12(15)16/h9-10H,3-8H2,1-2H3,(H,15,16). The first-order valence-corrected chi connectivity index (χ1v) is 6.02. The molecule has 0 bridgehead atoms. The maximum absolute atomic E-state index is 11.9. The monoisotopic (exact) mass is 227 g/mol. The summed E-state index contributed by atoms with van der Waals surface area (Å²) in [6.07, 6.45) is 3.14. The van der Waals surface area contributed by atoms with Crippen LogP contribution in [-0.2, 0) is 9.59 Å². The fourth-order valence-corrected chi connectivity index (χ4v) is 2.17. The summed E-state index contributed by atoms with van der Waals surface area (Å²) in [6, 6.07) is 0.313. The van der Waals surface area contributed by atoms with Crippen LogP contribution in [0.2, 0.25) is 0 Å². The predicted octanol–water partition coefficient (Wildman–Crippen LogP) is 1.89. The van der Waals surface area contributed by atoms with Gasteiger partial charge < -0.3 is 10.0 Å². The van der Waals surface area contributed by atoms with Gasteiger partial charge in [0.2, 0.25) is 5.91 Å². The molecule has 2 unspecified atom stereocenters. The van der Waals surface area contributed by atoms with Gasteiger partial charge in [0, 0.05) is 25.4 Å². The quantitative estimate of drug-likeness (QED) is 0.797. The summed E-state index contributed by atoms with van der Waals surface area (Å²) < 4.78 is 0. The van der Waals surface area contributed by atoms with Crippen molar-refractivity contribution in [1.29, 1.82) is 0 Å². The molecule has 1 aliphatic heterocycles. The molecule has 1 amide bonds. The molecule has 2 atom stereocenters. The number of likely N-dealkylation sites (tertiary alicyclic amines) is 1. The Balaban J connectivity index is 2.36. The lowest BCUT2D eigenvalue weighted by Crippen LogP contribution is -2.44. The highest BCUT2D eigenvalue weighted by atomic mass is 16.4. The SMILES string of the molecule is CC1CCC(C)N(C(=O)CCCC(=O)O)C1. The van der Waals surface area contributed by atoms with Crippen LogP contribution in [0.4, 0.5) is 0 Å². The van der Waals surface area contributed by atoms with E-state index in [1.54, 1.807) is 0 Å². The molecule has 4 nitrogen and oxygen atoms in total. The number of carbonyl (C=O) groups excluding carboxylic acids is 1. The van der Waals surface area contributed by atoms with Crippen LogP contribution in [0.1, 0.15) is 46.0 Å². The molecule has 1 saturated heterocycles. The van der Waals surface area contributed by atoms with Gasteiger partial charge in [-0.3, -0.25) is 9.59 Å². The molecule has 0 aromatic heterocycles. The Labute approximate surface area is 96.6 Å². The minimum absolute atomic E-state index is 0.0868. The van der Waals surface area contributed by atoms with E-state index in [0.29, 0.717) is 24.8 Å². The van der Waals surface area contributed by atoms with Gasteiger partial charge in [0.1, 0.15) is 0 Å². The molecular weight excluding hydrogens is 206 g/mol. The minimum Gasteiger partial charge on any atom is -0.481 e. The average molecular weight is 227 g/mol. The second-order valence-electron chi connectivity index (χ2n) is 4.82. The Kier molecular flexibility index (Phi) is 4.77. The minimum atomic E-state index is -0.826. The Morgan fingerprint density at radius 3 is 2.56 bits per heavy atom. The second-order valence-corrected chi connectivity index (χ2v) is 4.82. The van der Waals surface area contributed by atoms with Crippen LogP contribution in [0.25, 0.3) is 0 Å². The predicted molar refractivity (Wildman–Crippen MR) is 61.1 cm³/mol. The fourth-order valence-electron chi connectivity index (χ4n) is 2.17. The molecule has 0 saturated carbocycles. The lowest BCUT2D eigenvalue weighted by Gasteiger charge is -2.37. The van der Waals surface area contributed by atoms with Crippen molar-refractivity contribution in [2.45, 2.75) is 52.0 Å². The van der Waals surface area contributed by atoms with E-state index < -0.39 is 5.97 Å². The molecule has 4 heteroatoms. The fraction of sp³-hybridized carbons (Fsp3) is 0.833. The third kappa shape index (κ3) is 3.83. The van der Waals surface area contributed by atoms with Crippen molar-refractivity contribution < 1.29 is 14.7 Å². The van der Waals surface area contributed by atoms with Crippen molar-refractivity contribution in [1.82, 2.24) is 4.90 Å². The van der Waals surface area contributed by atoms with Crippen LogP contribution in [0, 0.1) is 5.92 Å². The van der Waals surface area contributed by atoms with Gasteiger partial charge in [-0.05, 0) is 32.1 Å². The molecule has 1 rings (SSSR count). The number of aliphatic carboxylic acids is 1. The number of hydrogen-bond acceptors (Lipinski definition) is 2. The molecule has 1 fully saturated rings. The van der Waals surface area contributed by atoms with Crippen LogP contribution < -0.4 is 0 Å². The number of hydrogen-bond donors (Lipinski definition) is 1. The Hall–Kier alpha value is -1.06. The molecule has 0 aromatic rings. The third-order valence-corrected chi connectivity index (χ3v) is 3.22. The van der Waals surface area contributed by atoms with Crippen molar-refractivity contribution in [3.63, 3.8) is 0 Å². The van der Waals surface area contributed by atoms with Crippen LogP contribution in [-0.4, -0.2) is 34.5 Å².